The molecule has 3 heterocycles. The number of carbonyl (C=O) groups excluding carboxylic acids is 1. The van der Waals surface area contributed by atoms with Gasteiger partial charge in [0.15, 0.2) is 0 Å². The fourth-order valence-electron chi connectivity index (χ4n) is 4.42. The average Bonchev–Trinajstić information content (AvgIpc) is 2.77. The largest absolute Gasteiger partial charge is 0.372 e. The van der Waals surface area contributed by atoms with Gasteiger partial charge in [0.25, 0.3) is 0 Å². The second-order valence-corrected chi connectivity index (χ2v) is 8.48. The number of morpholine rings is 1. The van der Waals surface area contributed by atoms with Crippen molar-refractivity contribution >= 4 is 17.5 Å². The number of nitrogens with one attached hydrogen (secondary N) is 1. The molecule has 1 aromatic heterocycles. The molecule has 0 saturated carbocycles. The van der Waals surface area contributed by atoms with Crippen LogP contribution in [0.3, 0.4) is 0 Å². The molecule has 166 valence electrons. The summed E-state index contributed by atoms with van der Waals surface area (Å²) < 4.78 is 20.5. The Bertz CT molecular complexity index is 879. The minimum absolute atomic E-state index is 0.0222. The van der Waals surface area contributed by atoms with E-state index in [-0.39, 0.29) is 29.9 Å². The van der Waals surface area contributed by atoms with Crippen molar-refractivity contribution in [3.63, 3.8) is 0 Å². The van der Waals surface area contributed by atoms with Crippen LogP contribution in [0.15, 0.2) is 36.7 Å². The van der Waals surface area contributed by atoms with Crippen molar-refractivity contribution in [1.29, 1.82) is 0 Å². The number of rotatable bonds is 5. The van der Waals surface area contributed by atoms with E-state index in [1.165, 1.54) is 6.07 Å². The zero-order chi connectivity index (χ0) is 21.8. The normalized spacial score (nSPS) is 22.4. The first-order chi connectivity index (χ1) is 15.0. The topological polar surface area (TPSA) is 70.6 Å². The van der Waals surface area contributed by atoms with Crippen LogP contribution in [-0.4, -0.2) is 54.3 Å². The maximum Gasteiger partial charge on any atom is 0.225 e. The summed E-state index contributed by atoms with van der Waals surface area (Å²) in [7, 11) is 0. The van der Waals surface area contributed by atoms with Crippen molar-refractivity contribution < 1.29 is 13.9 Å². The van der Waals surface area contributed by atoms with Gasteiger partial charge in [-0.05, 0) is 50.5 Å². The van der Waals surface area contributed by atoms with Crippen LogP contribution in [0.1, 0.15) is 32.3 Å². The zero-order valence-corrected chi connectivity index (χ0v) is 18.1. The fourth-order valence-corrected chi connectivity index (χ4v) is 4.42. The lowest BCUT2D eigenvalue weighted by atomic mass is 9.96. The lowest BCUT2D eigenvalue weighted by Crippen LogP contribution is -2.45. The number of nitrogens with zero attached hydrogens (tertiary/aromatic N) is 4. The van der Waals surface area contributed by atoms with Gasteiger partial charge in [-0.15, -0.1) is 0 Å². The van der Waals surface area contributed by atoms with Crippen LogP contribution in [0.5, 0.6) is 0 Å². The standard InChI is InChI=1S/C23H30FN5O2/c1-16-14-29(15-17(2)31-16)21-5-4-18(12-20(21)24)13-27-22(30)19-6-10-28(11-7-19)23-25-8-3-9-26-23/h3-5,8-9,12,16-17,19H,6-7,10-11,13-15H2,1-2H3,(H,27,30). The van der Waals surface area contributed by atoms with E-state index in [0.717, 1.165) is 31.5 Å². The number of halogens is 1. The van der Waals surface area contributed by atoms with Crippen molar-refractivity contribution in [2.24, 2.45) is 5.92 Å². The van der Waals surface area contributed by atoms with Gasteiger partial charge in [-0.2, -0.15) is 0 Å². The van der Waals surface area contributed by atoms with Crippen LogP contribution in [0.25, 0.3) is 0 Å². The lowest BCUT2D eigenvalue weighted by Gasteiger charge is -2.37. The third-order valence-corrected chi connectivity index (χ3v) is 5.94. The highest BCUT2D eigenvalue weighted by molar-refractivity contribution is 5.79. The Hall–Kier alpha value is -2.74. The Morgan fingerprint density at radius 1 is 1.13 bits per heavy atom. The van der Waals surface area contributed by atoms with Crippen molar-refractivity contribution in [2.45, 2.75) is 45.4 Å². The van der Waals surface area contributed by atoms with Crippen molar-refractivity contribution in [1.82, 2.24) is 15.3 Å². The van der Waals surface area contributed by atoms with E-state index in [4.69, 9.17) is 4.74 Å². The summed E-state index contributed by atoms with van der Waals surface area (Å²) in [6.45, 7) is 7.18. The number of hydrogen-bond acceptors (Lipinski definition) is 6. The lowest BCUT2D eigenvalue weighted by molar-refractivity contribution is -0.125. The van der Waals surface area contributed by atoms with E-state index in [0.29, 0.717) is 31.3 Å². The summed E-state index contributed by atoms with van der Waals surface area (Å²) in [6.07, 6.45) is 5.11. The molecule has 1 N–H and O–H groups in total. The van der Waals surface area contributed by atoms with Gasteiger partial charge < -0.3 is 19.9 Å². The minimum atomic E-state index is -0.260. The molecule has 1 aromatic carbocycles. The first-order valence-electron chi connectivity index (χ1n) is 11.0. The Morgan fingerprint density at radius 3 is 2.45 bits per heavy atom. The van der Waals surface area contributed by atoms with Crippen LogP contribution in [0.4, 0.5) is 16.0 Å². The Labute approximate surface area is 182 Å². The van der Waals surface area contributed by atoms with Gasteiger partial charge in [0.2, 0.25) is 11.9 Å². The Kier molecular flexibility index (Phi) is 6.65. The number of benzene rings is 1. The molecule has 2 aliphatic rings. The van der Waals surface area contributed by atoms with E-state index in [9.17, 15) is 9.18 Å². The molecular weight excluding hydrogens is 397 g/mol. The third kappa shape index (κ3) is 5.31. The molecule has 31 heavy (non-hydrogen) atoms. The second-order valence-electron chi connectivity index (χ2n) is 8.48. The maximum atomic E-state index is 14.8. The highest BCUT2D eigenvalue weighted by Crippen LogP contribution is 2.25. The predicted molar refractivity (Wildman–Crippen MR) is 117 cm³/mol. The van der Waals surface area contributed by atoms with Crippen LogP contribution in [0, 0.1) is 11.7 Å². The van der Waals surface area contributed by atoms with Crippen LogP contribution in [0.2, 0.25) is 0 Å². The highest BCUT2D eigenvalue weighted by Gasteiger charge is 2.26. The van der Waals surface area contributed by atoms with Gasteiger partial charge in [0.05, 0.1) is 17.9 Å². The molecule has 0 radical (unpaired) electrons. The quantitative estimate of drug-likeness (QED) is 0.791. The van der Waals surface area contributed by atoms with Gasteiger partial charge in [0.1, 0.15) is 5.82 Å². The molecule has 7 nitrogen and oxygen atoms in total. The summed E-state index contributed by atoms with van der Waals surface area (Å²) in [5.74, 6) is 0.430. The van der Waals surface area contributed by atoms with Gasteiger partial charge in [0, 0.05) is 51.0 Å². The molecule has 1 amide bonds. The number of anilines is 2. The maximum absolute atomic E-state index is 14.8. The molecular formula is C23H30FN5O2. The summed E-state index contributed by atoms with van der Waals surface area (Å²) in [5, 5.41) is 2.97. The van der Waals surface area contributed by atoms with Crippen LogP contribution >= 0.6 is 0 Å². The molecule has 0 spiro atoms. The number of piperidine rings is 1. The summed E-state index contributed by atoms with van der Waals surface area (Å²) in [5.41, 5.74) is 1.35. The van der Waals surface area contributed by atoms with E-state index >= 15 is 0 Å². The minimum Gasteiger partial charge on any atom is -0.372 e. The zero-order valence-electron chi connectivity index (χ0n) is 18.1. The number of ether oxygens (including phenoxy) is 1. The van der Waals surface area contributed by atoms with Crippen molar-refractivity contribution in [3.8, 4) is 0 Å². The van der Waals surface area contributed by atoms with E-state index in [2.05, 4.69) is 20.2 Å². The number of carbonyl (C=O) groups is 1. The number of aromatic nitrogens is 2. The first-order valence-corrected chi connectivity index (χ1v) is 11.0. The summed E-state index contributed by atoms with van der Waals surface area (Å²) >= 11 is 0. The molecule has 4 rings (SSSR count). The molecule has 8 heteroatoms. The predicted octanol–water partition coefficient (Wildman–Crippen LogP) is 2.76. The molecule has 0 bridgehead atoms. The summed E-state index contributed by atoms with van der Waals surface area (Å²) in [6, 6.07) is 7.01. The Balaban J connectivity index is 1.28. The van der Waals surface area contributed by atoms with Gasteiger partial charge in [-0.3, -0.25) is 4.79 Å². The van der Waals surface area contributed by atoms with Crippen molar-refractivity contribution in [3.05, 3.63) is 48.0 Å². The van der Waals surface area contributed by atoms with E-state index < -0.39 is 0 Å². The second kappa shape index (κ2) is 9.60. The van der Waals surface area contributed by atoms with Gasteiger partial charge in [-0.25, -0.2) is 14.4 Å². The monoisotopic (exact) mass is 427 g/mol. The fraction of sp³-hybridized carbons (Fsp3) is 0.522. The third-order valence-electron chi connectivity index (χ3n) is 5.94. The Morgan fingerprint density at radius 2 is 1.81 bits per heavy atom. The molecule has 2 fully saturated rings. The highest BCUT2D eigenvalue weighted by atomic mass is 19.1. The van der Waals surface area contributed by atoms with Crippen LogP contribution in [-0.2, 0) is 16.1 Å². The number of hydrogen-bond donors (Lipinski definition) is 1. The molecule has 2 saturated heterocycles. The summed E-state index contributed by atoms with van der Waals surface area (Å²) in [4.78, 5) is 25.3. The van der Waals surface area contributed by atoms with Gasteiger partial charge in [-0.1, -0.05) is 6.07 Å². The number of amides is 1. The molecule has 2 atom stereocenters. The first kappa shape index (κ1) is 21.5. The van der Waals surface area contributed by atoms with Gasteiger partial charge >= 0.3 is 0 Å². The molecule has 0 aliphatic carbocycles. The molecule has 2 aromatic rings. The smallest absolute Gasteiger partial charge is 0.225 e. The van der Waals surface area contributed by atoms with Crippen LogP contribution < -0.4 is 15.1 Å². The molecule has 2 unspecified atom stereocenters. The van der Waals surface area contributed by atoms with Crippen molar-refractivity contribution in [2.75, 3.05) is 36.0 Å². The van der Waals surface area contributed by atoms with E-state index in [1.807, 2.05) is 24.8 Å². The SMILES string of the molecule is CC1CN(c2ccc(CNC(=O)C3CCN(c4ncccn4)CC3)cc2F)CC(C)O1. The molecule has 2 aliphatic heterocycles. The average molecular weight is 428 g/mol. The van der Waals surface area contributed by atoms with E-state index in [1.54, 1.807) is 24.5 Å².